The van der Waals surface area contributed by atoms with E-state index in [1.807, 2.05) is 37.3 Å². The maximum atomic E-state index is 9.16. The molecule has 0 N–H and O–H groups in total. The largest absolute Gasteiger partial charge is 0.361 e. The van der Waals surface area contributed by atoms with E-state index in [1.54, 1.807) is 0 Å². The Balaban J connectivity index is 1.52. The van der Waals surface area contributed by atoms with Crippen molar-refractivity contribution in [2.24, 2.45) is 0 Å². The Morgan fingerprint density at radius 3 is 2.45 bits per heavy atom. The lowest BCUT2D eigenvalue weighted by Crippen LogP contribution is -2.45. The molecule has 0 bridgehead atoms. The fourth-order valence-electron chi connectivity index (χ4n) is 2.84. The van der Waals surface area contributed by atoms with Gasteiger partial charge in [0.1, 0.15) is 5.76 Å². The van der Waals surface area contributed by atoms with E-state index in [4.69, 9.17) is 9.78 Å². The van der Waals surface area contributed by atoms with Crippen LogP contribution in [-0.4, -0.2) is 41.1 Å². The molecule has 0 spiro atoms. The lowest BCUT2D eigenvalue weighted by atomic mass is 10.1. The molecule has 0 saturated carbocycles. The topological polar surface area (TPSA) is 56.3 Å². The molecular formula is C17H20N4O. The lowest BCUT2D eigenvalue weighted by Gasteiger charge is -2.34. The van der Waals surface area contributed by atoms with Crippen molar-refractivity contribution in [2.75, 3.05) is 26.2 Å². The minimum Gasteiger partial charge on any atom is -0.361 e. The van der Waals surface area contributed by atoms with Gasteiger partial charge in [-0.25, -0.2) is 0 Å². The number of hydrogen-bond acceptors (Lipinski definition) is 5. The Morgan fingerprint density at radius 2 is 1.82 bits per heavy atom. The van der Waals surface area contributed by atoms with Gasteiger partial charge in [-0.15, -0.1) is 0 Å². The summed E-state index contributed by atoms with van der Waals surface area (Å²) in [6, 6.07) is 12.1. The van der Waals surface area contributed by atoms with Crippen molar-refractivity contribution in [3.63, 3.8) is 0 Å². The van der Waals surface area contributed by atoms with Gasteiger partial charge in [-0.3, -0.25) is 9.80 Å². The predicted molar refractivity (Wildman–Crippen MR) is 83.0 cm³/mol. The van der Waals surface area contributed by atoms with Crippen LogP contribution < -0.4 is 0 Å². The van der Waals surface area contributed by atoms with Gasteiger partial charge in [0.05, 0.1) is 17.3 Å². The first-order valence-electron chi connectivity index (χ1n) is 7.59. The van der Waals surface area contributed by atoms with Crippen LogP contribution in [-0.2, 0) is 13.1 Å². The van der Waals surface area contributed by atoms with E-state index in [0.29, 0.717) is 0 Å². The predicted octanol–water partition coefficient (Wildman–Crippen LogP) is 2.17. The highest BCUT2D eigenvalue weighted by Gasteiger charge is 2.18. The van der Waals surface area contributed by atoms with Crippen molar-refractivity contribution < 1.29 is 4.52 Å². The Hall–Kier alpha value is -2.16. The molecule has 1 fully saturated rings. The third-order valence-electron chi connectivity index (χ3n) is 4.06. The van der Waals surface area contributed by atoms with Gasteiger partial charge in [-0.2, -0.15) is 5.26 Å². The average Bonchev–Trinajstić information content (AvgIpc) is 2.95. The molecule has 1 aromatic heterocycles. The number of aromatic nitrogens is 1. The quantitative estimate of drug-likeness (QED) is 0.865. The average molecular weight is 296 g/mol. The Bertz CT molecular complexity index is 665. The molecule has 0 aliphatic carbocycles. The molecule has 1 aliphatic heterocycles. The summed E-state index contributed by atoms with van der Waals surface area (Å²) in [6.45, 7) is 7.66. The fraction of sp³-hybridized carbons (Fsp3) is 0.412. The van der Waals surface area contributed by atoms with Gasteiger partial charge >= 0.3 is 0 Å². The van der Waals surface area contributed by atoms with E-state index >= 15 is 0 Å². The number of rotatable bonds is 4. The molecular weight excluding hydrogens is 276 g/mol. The number of aryl methyl sites for hydroxylation is 1. The molecule has 0 atom stereocenters. The standard InChI is InChI=1S/C17H20N4O/c1-14-10-17(19-22-14)13-21-8-6-20(7-9-21)12-16-5-3-2-4-15(16)11-18/h2-5,10H,6-9,12-13H2,1H3. The molecule has 22 heavy (non-hydrogen) atoms. The third-order valence-corrected chi connectivity index (χ3v) is 4.06. The second-order valence-corrected chi connectivity index (χ2v) is 5.75. The maximum absolute atomic E-state index is 9.16. The summed E-state index contributed by atoms with van der Waals surface area (Å²) in [5.41, 5.74) is 2.90. The normalized spacial score (nSPS) is 16.5. The minimum absolute atomic E-state index is 0.781. The highest BCUT2D eigenvalue weighted by Crippen LogP contribution is 2.14. The second kappa shape index (κ2) is 6.73. The van der Waals surface area contributed by atoms with Gasteiger partial charge in [0.25, 0.3) is 0 Å². The first-order chi connectivity index (χ1) is 10.7. The van der Waals surface area contributed by atoms with Crippen molar-refractivity contribution in [1.29, 1.82) is 5.26 Å². The molecule has 5 nitrogen and oxygen atoms in total. The van der Waals surface area contributed by atoms with Crippen molar-refractivity contribution >= 4 is 0 Å². The number of hydrogen-bond donors (Lipinski definition) is 0. The van der Waals surface area contributed by atoms with Crippen LogP contribution >= 0.6 is 0 Å². The lowest BCUT2D eigenvalue weighted by molar-refractivity contribution is 0.120. The van der Waals surface area contributed by atoms with Gasteiger partial charge in [0.2, 0.25) is 0 Å². The zero-order valence-corrected chi connectivity index (χ0v) is 12.8. The summed E-state index contributed by atoms with van der Waals surface area (Å²) < 4.78 is 5.11. The van der Waals surface area contributed by atoms with Crippen LogP contribution in [0.5, 0.6) is 0 Å². The second-order valence-electron chi connectivity index (χ2n) is 5.75. The molecule has 114 valence electrons. The van der Waals surface area contributed by atoms with Crippen LogP contribution in [0.25, 0.3) is 0 Å². The van der Waals surface area contributed by atoms with Crippen LogP contribution in [0.4, 0.5) is 0 Å². The molecule has 2 aromatic rings. The van der Waals surface area contributed by atoms with E-state index < -0.39 is 0 Å². The van der Waals surface area contributed by atoms with E-state index in [-0.39, 0.29) is 0 Å². The number of benzene rings is 1. The first kappa shape index (κ1) is 14.8. The van der Waals surface area contributed by atoms with Crippen molar-refractivity contribution in [3.05, 3.63) is 52.9 Å². The highest BCUT2D eigenvalue weighted by molar-refractivity contribution is 5.37. The van der Waals surface area contributed by atoms with Crippen LogP contribution in [0.15, 0.2) is 34.9 Å². The Morgan fingerprint density at radius 1 is 1.14 bits per heavy atom. The van der Waals surface area contributed by atoms with Gasteiger partial charge in [0.15, 0.2) is 0 Å². The van der Waals surface area contributed by atoms with Gasteiger partial charge in [0, 0.05) is 45.3 Å². The van der Waals surface area contributed by atoms with Gasteiger partial charge < -0.3 is 4.52 Å². The molecule has 1 aromatic carbocycles. The van der Waals surface area contributed by atoms with Crippen molar-refractivity contribution in [2.45, 2.75) is 20.0 Å². The summed E-state index contributed by atoms with van der Waals surface area (Å²) in [4.78, 5) is 4.80. The number of piperazine rings is 1. The fourth-order valence-corrected chi connectivity index (χ4v) is 2.84. The molecule has 1 saturated heterocycles. The van der Waals surface area contributed by atoms with Crippen LogP contribution in [0.1, 0.15) is 22.6 Å². The third kappa shape index (κ3) is 3.53. The molecule has 1 aliphatic rings. The molecule has 5 heteroatoms. The first-order valence-corrected chi connectivity index (χ1v) is 7.59. The highest BCUT2D eigenvalue weighted by atomic mass is 16.5. The summed E-state index contributed by atoms with van der Waals surface area (Å²) in [5.74, 6) is 0.863. The zero-order chi connectivity index (χ0) is 15.4. The Labute approximate surface area is 130 Å². The molecule has 0 radical (unpaired) electrons. The zero-order valence-electron chi connectivity index (χ0n) is 12.8. The summed E-state index contributed by atoms with van der Waals surface area (Å²) in [7, 11) is 0. The van der Waals surface area contributed by atoms with Gasteiger partial charge in [-0.05, 0) is 18.6 Å². The minimum atomic E-state index is 0.781. The molecule has 0 unspecified atom stereocenters. The van der Waals surface area contributed by atoms with Crippen molar-refractivity contribution in [1.82, 2.24) is 15.0 Å². The van der Waals surface area contributed by atoms with Crippen molar-refractivity contribution in [3.8, 4) is 6.07 Å². The van der Waals surface area contributed by atoms with Crippen LogP contribution in [0.2, 0.25) is 0 Å². The van der Waals surface area contributed by atoms with E-state index in [0.717, 1.165) is 61.8 Å². The maximum Gasteiger partial charge on any atom is 0.133 e. The summed E-state index contributed by atoms with van der Waals surface area (Å²) in [6.07, 6.45) is 0. The SMILES string of the molecule is Cc1cc(CN2CCN(Cc3ccccc3C#N)CC2)no1. The number of nitrogens with zero attached hydrogens (tertiary/aromatic N) is 4. The monoisotopic (exact) mass is 296 g/mol. The van der Waals surface area contributed by atoms with E-state index in [1.165, 1.54) is 0 Å². The summed E-state index contributed by atoms with van der Waals surface area (Å²) >= 11 is 0. The molecule has 3 rings (SSSR count). The molecule has 2 heterocycles. The number of nitriles is 1. The van der Waals surface area contributed by atoms with Crippen LogP contribution in [0.3, 0.4) is 0 Å². The molecule has 0 amide bonds. The van der Waals surface area contributed by atoms with Crippen LogP contribution in [0, 0.1) is 18.3 Å². The van der Waals surface area contributed by atoms with Gasteiger partial charge in [-0.1, -0.05) is 23.4 Å². The smallest absolute Gasteiger partial charge is 0.133 e. The summed E-state index contributed by atoms with van der Waals surface area (Å²) in [5, 5.41) is 13.2. The van der Waals surface area contributed by atoms with E-state index in [2.05, 4.69) is 21.0 Å². The van der Waals surface area contributed by atoms with E-state index in [9.17, 15) is 0 Å². The Kier molecular flexibility index (Phi) is 4.52.